The number of hydrogen-bond donors (Lipinski definition) is 0. The molecule has 2 atom stereocenters. The quantitative estimate of drug-likeness (QED) is 0.709. The fraction of sp³-hybridized carbons (Fsp3) is 1.00. The van der Waals surface area contributed by atoms with Gasteiger partial charge in [0.1, 0.15) is 0 Å². The van der Waals surface area contributed by atoms with Crippen molar-refractivity contribution in [3.05, 3.63) is 0 Å². The van der Waals surface area contributed by atoms with E-state index in [-0.39, 0.29) is 0 Å². The lowest BCUT2D eigenvalue weighted by Gasteiger charge is -2.33. The molecule has 0 saturated carbocycles. The van der Waals surface area contributed by atoms with Crippen molar-refractivity contribution in [2.75, 3.05) is 31.6 Å². The van der Waals surface area contributed by atoms with Crippen LogP contribution in [-0.4, -0.2) is 42.6 Å². The third-order valence-corrected chi connectivity index (χ3v) is 3.55. The van der Waals surface area contributed by atoms with Gasteiger partial charge in [0.05, 0.1) is 12.7 Å². The molecular weight excluding hydrogens is 230 g/mol. The Labute approximate surface area is 89.8 Å². The van der Waals surface area contributed by atoms with Crippen LogP contribution in [-0.2, 0) is 4.74 Å². The van der Waals surface area contributed by atoms with Crippen LogP contribution in [0.2, 0.25) is 0 Å². The second-order valence-corrected chi connectivity index (χ2v) is 4.52. The van der Waals surface area contributed by atoms with E-state index in [0.717, 1.165) is 30.9 Å². The van der Waals surface area contributed by atoms with Crippen LogP contribution < -0.4 is 0 Å². The lowest BCUT2D eigenvalue weighted by Crippen LogP contribution is -2.43. The molecule has 1 aliphatic heterocycles. The second-order valence-electron chi connectivity index (χ2n) is 3.87. The van der Waals surface area contributed by atoms with Gasteiger partial charge in [-0.25, -0.2) is 0 Å². The number of hydrogen-bond acceptors (Lipinski definition) is 2. The van der Waals surface area contributed by atoms with Crippen molar-refractivity contribution >= 4 is 15.9 Å². The van der Waals surface area contributed by atoms with E-state index in [1.807, 2.05) is 0 Å². The first-order chi connectivity index (χ1) is 6.26. The first-order valence-corrected chi connectivity index (χ1v) is 6.28. The molecule has 0 amide bonds. The Morgan fingerprint density at radius 2 is 2.38 bits per heavy atom. The Bertz CT molecular complexity index is 139. The average Bonchev–Trinajstić information content (AvgIpc) is 2.14. The van der Waals surface area contributed by atoms with Crippen LogP contribution in [0.1, 0.15) is 20.3 Å². The van der Waals surface area contributed by atoms with E-state index in [4.69, 9.17) is 4.74 Å². The molecule has 1 rings (SSSR count). The summed E-state index contributed by atoms with van der Waals surface area (Å²) in [6.07, 6.45) is 1.68. The highest BCUT2D eigenvalue weighted by Gasteiger charge is 2.18. The molecule has 1 aliphatic rings. The molecule has 0 aromatic carbocycles. The molecule has 0 aromatic rings. The van der Waals surface area contributed by atoms with E-state index in [0.29, 0.717) is 6.10 Å². The molecule has 0 aromatic heterocycles. The van der Waals surface area contributed by atoms with Gasteiger partial charge in [0, 0.05) is 25.0 Å². The molecule has 78 valence electrons. The fourth-order valence-electron chi connectivity index (χ4n) is 1.71. The van der Waals surface area contributed by atoms with Crippen LogP contribution in [0.15, 0.2) is 0 Å². The number of halogens is 1. The highest BCUT2D eigenvalue weighted by atomic mass is 79.9. The second kappa shape index (κ2) is 5.99. The minimum Gasteiger partial charge on any atom is -0.376 e. The zero-order valence-electron chi connectivity index (χ0n) is 8.63. The summed E-state index contributed by atoms with van der Waals surface area (Å²) in [7, 11) is 0. The molecule has 2 unspecified atom stereocenters. The number of rotatable bonds is 4. The highest BCUT2D eigenvalue weighted by Crippen LogP contribution is 2.12. The van der Waals surface area contributed by atoms with Crippen molar-refractivity contribution in [2.24, 2.45) is 5.92 Å². The normalized spacial score (nSPS) is 27.5. The SMILES string of the molecule is CCC(CBr)CN1CCOC(C)C1. The molecule has 0 N–H and O–H groups in total. The van der Waals surface area contributed by atoms with Gasteiger partial charge < -0.3 is 4.74 Å². The molecule has 0 spiro atoms. The third-order valence-electron chi connectivity index (χ3n) is 2.64. The summed E-state index contributed by atoms with van der Waals surface area (Å²) in [5.74, 6) is 0.797. The Balaban J connectivity index is 2.26. The molecule has 1 saturated heterocycles. The van der Waals surface area contributed by atoms with Crippen LogP contribution in [0.3, 0.4) is 0 Å². The Hall–Kier alpha value is 0.400. The van der Waals surface area contributed by atoms with Crippen molar-refractivity contribution < 1.29 is 4.74 Å². The zero-order valence-corrected chi connectivity index (χ0v) is 10.2. The van der Waals surface area contributed by atoms with E-state index >= 15 is 0 Å². The molecule has 0 bridgehead atoms. The third kappa shape index (κ3) is 3.96. The predicted molar refractivity (Wildman–Crippen MR) is 59.4 cm³/mol. The van der Waals surface area contributed by atoms with Crippen molar-refractivity contribution in [3.63, 3.8) is 0 Å². The van der Waals surface area contributed by atoms with Crippen molar-refractivity contribution in [1.29, 1.82) is 0 Å². The molecule has 13 heavy (non-hydrogen) atoms. The molecule has 0 radical (unpaired) electrons. The number of nitrogens with zero attached hydrogens (tertiary/aromatic N) is 1. The van der Waals surface area contributed by atoms with Crippen molar-refractivity contribution in [2.45, 2.75) is 26.4 Å². The maximum Gasteiger partial charge on any atom is 0.0674 e. The van der Waals surface area contributed by atoms with Crippen molar-refractivity contribution in [1.82, 2.24) is 4.90 Å². The van der Waals surface area contributed by atoms with E-state index in [1.165, 1.54) is 13.0 Å². The van der Waals surface area contributed by atoms with Crippen LogP contribution in [0, 0.1) is 5.92 Å². The summed E-state index contributed by atoms with van der Waals surface area (Å²) in [5, 5.41) is 1.12. The van der Waals surface area contributed by atoms with Gasteiger partial charge >= 0.3 is 0 Å². The lowest BCUT2D eigenvalue weighted by molar-refractivity contribution is -0.0222. The molecule has 3 heteroatoms. The lowest BCUT2D eigenvalue weighted by atomic mass is 10.1. The number of alkyl halides is 1. The maximum absolute atomic E-state index is 5.50. The van der Waals surface area contributed by atoms with Gasteiger partial charge in [-0.3, -0.25) is 4.90 Å². The fourth-order valence-corrected chi connectivity index (χ4v) is 2.37. The van der Waals surface area contributed by atoms with Gasteiger partial charge in [0.2, 0.25) is 0 Å². The first-order valence-electron chi connectivity index (χ1n) is 5.16. The van der Waals surface area contributed by atoms with Gasteiger partial charge in [0.25, 0.3) is 0 Å². The zero-order chi connectivity index (χ0) is 9.68. The minimum atomic E-state index is 0.418. The van der Waals surface area contributed by atoms with Gasteiger partial charge in [0.15, 0.2) is 0 Å². The van der Waals surface area contributed by atoms with Crippen LogP contribution >= 0.6 is 15.9 Å². The van der Waals surface area contributed by atoms with Gasteiger partial charge in [-0.05, 0) is 12.8 Å². The van der Waals surface area contributed by atoms with Crippen molar-refractivity contribution in [3.8, 4) is 0 Å². The Morgan fingerprint density at radius 1 is 1.62 bits per heavy atom. The standard InChI is InChI=1S/C10H20BrNO/c1-3-10(6-11)8-12-4-5-13-9(2)7-12/h9-10H,3-8H2,1-2H3. The molecule has 2 nitrogen and oxygen atoms in total. The summed E-state index contributed by atoms with van der Waals surface area (Å²) < 4.78 is 5.50. The van der Waals surface area contributed by atoms with Gasteiger partial charge in [-0.15, -0.1) is 0 Å². The average molecular weight is 250 g/mol. The largest absolute Gasteiger partial charge is 0.376 e. The van der Waals surface area contributed by atoms with Gasteiger partial charge in [-0.2, -0.15) is 0 Å². The van der Waals surface area contributed by atoms with Crippen LogP contribution in [0.5, 0.6) is 0 Å². The molecule has 1 heterocycles. The Morgan fingerprint density at radius 3 is 2.92 bits per heavy atom. The van der Waals surface area contributed by atoms with E-state index < -0.39 is 0 Å². The summed E-state index contributed by atoms with van der Waals surface area (Å²) in [6.45, 7) is 8.74. The molecular formula is C10H20BrNO. The highest BCUT2D eigenvalue weighted by molar-refractivity contribution is 9.09. The predicted octanol–water partition coefficient (Wildman–Crippen LogP) is 2.13. The Kier molecular flexibility index (Phi) is 5.29. The topological polar surface area (TPSA) is 12.5 Å². The minimum absolute atomic E-state index is 0.418. The summed E-state index contributed by atoms with van der Waals surface area (Å²) >= 11 is 3.56. The van der Waals surface area contributed by atoms with E-state index in [1.54, 1.807) is 0 Å². The number of morpholine rings is 1. The summed E-state index contributed by atoms with van der Waals surface area (Å²) in [6, 6.07) is 0. The summed E-state index contributed by atoms with van der Waals surface area (Å²) in [4.78, 5) is 2.52. The number of ether oxygens (including phenoxy) is 1. The first kappa shape index (κ1) is 11.5. The molecule has 1 fully saturated rings. The van der Waals surface area contributed by atoms with Crippen LogP contribution in [0.4, 0.5) is 0 Å². The molecule has 0 aliphatic carbocycles. The van der Waals surface area contributed by atoms with Gasteiger partial charge in [-0.1, -0.05) is 29.3 Å². The summed E-state index contributed by atoms with van der Waals surface area (Å²) in [5.41, 5.74) is 0. The smallest absolute Gasteiger partial charge is 0.0674 e. The maximum atomic E-state index is 5.50. The van der Waals surface area contributed by atoms with Crippen LogP contribution in [0.25, 0.3) is 0 Å². The van der Waals surface area contributed by atoms with E-state index in [9.17, 15) is 0 Å². The monoisotopic (exact) mass is 249 g/mol. The van der Waals surface area contributed by atoms with E-state index in [2.05, 4.69) is 34.7 Å².